The summed E-state index contributed by atoms with van der Waals surface area (Å²) in [5, 5.41) is 15.2. The number of benzene rings is 1. The first kappa shape index (κ1) is 11.3. The van der Waals surface area contributed by atoms with Gasteiger partial charge < -0.3 is 0 Å². The lowest BCUT2D eigenvalue weighted by molar-refractivity contribution is -0.385. The van der Waals surface area contributed by atoms with E-state index in [2.05, 4.69) is 10.1 Å². The summed E-state index contributed by atoms with van der Waals surface area (Å²) in [6.07, 6.45) is 5.12. The van der Waals surface area contributed by atoms with Crippen molar-refractivity contribution in [2.45, 2.75) is 6.92 Å². The summed E-state index contributed by atoms with van der Waals surface area (Å²) in [4.78, 5) is 14.8. The van der Waals surface area contributed by atoms with Gasteiger partial charge in [0.05, 0.1) is 11.1 Å². The molecule has 2 heterocycles. The van der Waals surface area contributed by atoms with E-state index in [4.69, 9.17) is 0 Å². The van der Waals surface area contributed by atoms with Crippen molar-refractivity contribution in [1.82, 2.24) is 14.6 Å². The Kier molecular flexibility index (Phi) is 2.49. The Morgan fingerprint density at radius 2 is 2.21 bits per heavy atom. The number of aryl methyl sites for hydroxylation is 1. The van der Waals surface area contributed by atoms with Crippen molar-refractivity contribution in [3.8, 4) is 11.1 Å². The zero-order valence-corrected chi connectivity index (χ0v) is 10.1. The van der Waals surface area contributed by atoms with Gasteiger partial charge in [0.15, 0.2) is 5.65 Å². The van der Waals surface area contributed by atoms with Gasteiger partial charge in [0.1, 0.15) is 0 Å². The first-order chi connectivity index (χ1) is 9.16. The fourth-order valence-corrected chi connectivity index (χ4v) is 2.00. The van der Waals surface area contributed by atoms with Crippen molar-refractivity contribution in [3.63, 3.8) is 0 Å². The molecule has 3 rings (SSSR count). The number of rotatable bonds is 2. The van der Waals surface area contributed by atoms with Crippen LogP contribution in [0.4, 0.5) is 5.69 Å². The number of hydrogen-bond acceptors (Lipinski definition) is 4. The Morgan fingerprint density at radius 1 is 1.37 bits per heavy atom. The van der Waals surface area contributed by atoms with Crippen LogP contribution in [-0.4, -0.2) is 19.5 Å². The number of nitro benzene ring substituents is 1. The van der Waals surface area contributed by atoms with E-state index in [1.807, 2.05) is 6.07 Å². The van der Waals surface area contributed by atoms with Gasteiger partial charge >= 0.3 is 0 Å². The van der Waals surface area contributed by atoms with Gasteiger partial charge in [0, 0.05) is 29.6 Å². The molecule has 0 aliphatic carbocycles. The molecule has 1 aromatic carbocycles. The molecule has 0 fully saturated rings. The molecule has 0 saturated carbocycles. The van der Waals surface area contributed by atoms with Gasteiger partial charge in [-0.2, -0.15) is 5.10 Å². The molecule has 6 heteroatoms. The molecule has 0 atom stereocenters. The van der Waals surface area contributed by atoms with Gasteiger partial charge in [0.2, 0.25) is 0 Å². The van der Waals surface area contributed by atoms with Crippen LogP contribution in [0.2, 0.25) is 0 Å². The Morgan fingerprint density at radius 3 is 3.00 bits per heavy atom. The number of hydrogen-bond donors (Lipinski definition) is 0. The average Bonchev–Trinajstić information content (AvgIpc) is 2.83. The monoisotopic (exact) mass is 254 g/mol. The lowest BCUT2D eigenvalue weighted by Gasteiger charge is -2.01. The smallest absolute Gasteiger partial charge is 0.258 e. The normalized spacial score (nSPS) is 10.8. The van der Waals surface area contributed by atoms with E-state index >= 15 is 0 Å². The Labute approximate surface area is 108 Å². The van der Waals surface area contributed by atoms with Gasteiger partial charge in [-0.05, 0) is 18.6 Å². The van der Waals surface area contributed by atoms with Crippen LogP contribution in [0.15, 0.2) is 42.9 Å². The van der Waals surface area contributed by atoms with E-state index in [1.165, 1.54) is 0 Å². The van der Waals surface area contributed by atoms with E-state index < -0.39 is 0 Å². The maximum atomic E-state index is 11.0. The van der Waals surface area contributed by atoms with Crippen molar-refractivity contribution in [3.05, 3.63) is 58.5 Å². The molecule has 0 N–H and O–H groups in total. The second-order valence-corrected chi connectivity index (χ2v) is 4.20. The molecule has 3 aromatic rings. The summed E-state index contributed by atoms with van der Waals surface area (Å²) in [5.41, 5.74) is 2.95. The second-order valence-electron chi connectivity index (χ2n) is 4.20. The summed E-state index contributed by atoms with van der Waals surface area (Å²) in [6, 6.07) is 6.91. The molecule has 0 spiro atoms. The largest absolute Gasteiger partial charge is 0.272 e. The number of nitro groups is 1. The third-order valence-electron chi connectivity index (χ3n) is 3.00. The predicted molar refractivity (Wildman–Crippen MR) is 69.8 cm³/mol. The predicted octanol–water partition coefficient (Wildman–Crippen LogP) is 2.61. The van der Waals surface area contributed by atoms with E-state index in [-0.39, 0.29) is 10.6 Å². The maximum absolute atomic E-state index is 11.0. The Balaban J connectivity index is 2.22. The van der Waals surface area contributed by atoms with Gasteiger partial charge in [-0.1, -0.05) is 12.1 Å². The van der Waals surface area contributed by atoms with Crippen molar-refractivity contribution in [1.29, 1.82) is 0 Å². The van der Waals surface area contributed by atoms with Gasteiger partial charge in [0.25, 0.3) is 5.69 Å². The van der Waals surface area contributed by atoms with Crippen LogP contribution in [0.5, 0.6) is 0 Å². The lowest BCUT2D eigenvalue weighted by atomic mass is 10.1. The molecular formula is C13H10N4O2. The first-order valence-electron chi connectivity index (χ1n) is 5.70. The summed E-state index contributed by atoms with van der Waals surface area (Å²) < 4.78 is 1.64. The van der Waals surface area contributed by atoms with Crippen LogP contribution in [0.25, 0.3) is 16.8 Å². The van der Waals surface area contributed by atoms with Gasteiger partial charge in [-0.15, -0.1) is 0 Å². The molecule has 0 saturated heterocycles. The van der Waals surface area contributed by atoms with E-state index in [0.717, 1.165) is 11.1 Å². The molecule has 94 valence electrons. The number of nitrogens with zero attached hydrogens (tertiary/aromatic N) is 4. The highest BCUT2D eigenvalue weighted by atomic mass is 16.6. The molecule has 0 radical (unpaired) electrons. The standard InChI is InChI=1S/C13H10N4O2/c1-9-3-4-10(7-12(9)17(18)19)11-8-15-16-6-2-5-14-13(11)16/h2-8H,1H3. The van der Waals surface area contributed by atoms with Crippen molar-refractivity contribution in [2.75, 3.05) is 0 Å². The molecule has 0 bridgehead atoms. The van der Waals surface area contributed by atoms with Crippen LogP contribution in [0.3, 0.4) is 0 Å². The minimum atomic E-state index is -0.377. The topological polar surface area (TPSA) is 73.3 Å². The van der Waals surface area contributed by atoms with Crippen LogP contribution < -0.4 is 0 Å². The van der Waals surface area contributed by atoms with Crippen molar-refractivity contribution >= 4 is 11.3 Å². The average molecular weight is 254 g/mol. The van der Waals surface area contributed by atoms with Crippen LogP contribution in [-0.2, 0) is 0 Å². The third-order valence-corrected chi connectivity index (χ3v) is 3.00. The summed E-state index contributed by atoms with van der Waals surface area (Å²) in [7, 11) is 0. The van der Waals surface area contributed by atoms with Crippen LogP contribution >= 0.6 is 0 Å². The fourth-order valence-electron chi connectivity index (χ4n) is 2.00. The SMILES string of the molecule is Cc1ccc(-c2cnn3cccnc23)cc1[N+](=O)[O-]. The lowest BCUT2D eigenvalue weighted by Crippen LogP contribution is -1.92. The van der Waals surface area contributed by atoms with Gasteiger partial charge in [-0.25, -0.2) is 9.50 Å². The molecular weight excluding hydrogens is 244 g/mol. The zero-order valence-electron chi connectivity index (χ0n) is 10.1. The third kappa shape index (κ3) is 1.83. The molecule has 0 amide bonds. The molecule has 0 aliphatic rings. The highest BCUT2D eigenvalue weighted by Crippen LogP contribution is 2.28. The summed E-state index contributed by atoms with van der Waals surface area (Å²) in [5.74, 6) is 0. The van der Waals surface area contributed by atoms with Crippen LogP contribution in [0.1, 0.15) is 5.56 Å². The highest BCUT2D eigenvalue weighted by Gasteiger charge is 2.14. The van der Waals surface area contributed by atoms with Gasteiger partial charge in [-0.3, -0.25) is 10.1 Å². The summed E-state index contributed by atoms with van der Waals surface area (Å²) in [6.45, 7) is 1.72. The minimum absolute atomic E-state index is 0.104. The first-order valence-corrected chi connectivity index (χ1v) is 5.70. The summed E-state index contributed by atoms with van der Waals surface area (Å²) >= 11 is 0. The highest BCUT2D eigenvalue weighted by molar-refractivity contribution is 5.78. The van der Waals surface area contributed by atoms with E-state index in [9.17, 15) is 10.1 Å². The fraction of sp³-hybridized carbons (Fsp3) is 0.0769. The minimum Gasteiger partial charge on any atom is -0.258 e. The van der Waals surface area contributed by atoms with Crippen molar-refractivity contribution in [2.24, 2.45) is 0 Å². The molecule has 19 heavy (non-hydrogen) atoms. The van der Waals surface area contributed by atoms with Crippen LogP contribution in [0, 0.1) is 17.0 Å². The second kappa shape index (κ2) is 4.16. The van der Waals surface area contributed by atoms with E-state index in [1.54, 1.807) is 48.2 Å². The van der Waals surface area contributed by atoms with E-state index in [0.29, 0.717) is 11.2 Å². The Hall–Kier alpha value is -2.76. The number of aromatic nitrogens is 3. The quantitative estimate of drug-likeness (QED) is 0.520. The Bertz CT molecular complexity index is 779. The molecule has 2 aromatic heterocycles. The van der Waals surface area contributed by atoms with Crippen molar-refractivity contribution < 1.29 is 4.92 Å². The molecule has 6 nitrogen and oxygen atoms in total. The maximum Gasteiger partial charge on any atom is 0.272 e. The molecule has 0 aliphatic heterocycles. The zero-order chi connectivity index (χ0) is 13.4. The number of fused-ring (bicyclic) bond motifs is 1. The molecule has 0 unspecified atom stereocenters.